The Balaban J connectivity index is 2.26. The molecule has 0 bridgehead atoms. The second-order valence-corrected chi connectivity index (χ2v) is 5.38. The zero-order valence-corrected chi connectivity index (χ0v) is 11.3. The van der Waals surface area contributed by atoms with Crippen LogP contribution in [-0.2, 0) is 26.2 Å². The molecule has 0 heterocycles. The quantitative estimate of drug-likeness (QED) is 0.842. The minimum atomic E-state index is -1.41. The molecule has 0 amide bonds. The number of aliphatic carboxylic acids is 1. The van der Waals surface area contributed by atoms with Gasteiger partial charge in [0.2, 0.25) is 0 Å². The molecule has 4 nitrogen and oxygen atoms in total. The first-order valence-corrected chi connectivity index (χ1v) is 6.86. The van der Waals surface area contributed by atoms with Crippen LogP contribution in [0.3, 0.4) is 0 Å². The lowest BCUT2D eigenvalue weighted by Gasteiger charge is -2.37. The lowest BCUT2D eigenvalue weighted by Crippen LogP contribution is -2.44. The summed E-state index contributed by atoms with van der Waals surface area (Å²) in [6.07, 6.45) is 5.31. The molecular weight excluding hydrogens is 268 g/mol. The Kier molecular flexibility index (Phi) is 3.09. The number of allylic oxidation sites excluding steroid dienone is 3. The van der Waals surface area contributed by atoms with Gasteiger partial charge in [-0.2, -0.15) is 0 Å². The van der Waals surface area contributed by atoms with E-state index in [1.54, 1.807) is 12.1 Å². The van der Waals surface area contributed by atoms with E-state index in [-0.39, 0.29) is 11.4 Å². The van der Waals surface area contributed by atoms with Gasteiger partial charge < -0.3 is 5.11 Å². The van der Waals surface area contributed by atoms with Crippen LogP contribution >= 0.6 is 0 Å². The molecule has 1 aromatic rings. The maximum absolute atomic E-state index is 12.2. The Bertz CT molecular complexity index is 711. The lowest BCUT2D eigenvalue weighted by atomic mass is 9.64. The molecule has 0 aromatic heterocycles. The van der Waals surface area contributed by atoms with Crippen molar-refractivity contribution in [1.29, 1.82) is 0 Å². The van der Waals surface area contributed by atoms with E-state index in [9.17, 15) is 19.5 Å². The highest BCUT2D eigenvalue weighted by atomic mass is 16.4. The van der Waals surface area contributed by atoms with E-state index in [1.807, 2.05) is 12.1 Å². The summed E-state index contributed by atoms with van der Waals surface area (Å²) in [6.45, 7) is 0. The van der Waals surface area contributed by atoms with Gasteiger partial charge in [0.15, 0.2) is 11.6 Å². The van der Waals surface area contributed by atoms with Gasteiger partial charge in [-0.3, -0.25) is 14.4 Å². The average molecular weight is 282 g/mol. The molecule has 0 unspecified atom stereocenters. The number of carboxylic acids is 1. The van der Waals surface area contributed by atoms with E-state index in [4.69, 9.17) is 0 Å². The molecule has 3 rings (SSSR count). The summed E-state index contributed by atoms with van der Waals surface area (Å²) in [5, 5.41) is 9.86. The van der Waals surface area contributed by atoms with Crippen LogP contribution in [0.2, 0.25) is 0 Å². The number of benzene rings is 1. The summed E-state index contributed by atoms with van der Waals surface area (Å²) in [4.78, 5) is 35.9. The molecule has 2 aliphatic rings. The van der Waals surface area contributed by atoms with Crippen LogP contribution in [0.15, 0.2) is 48.1 Å². The van der Waals surface area contributed by atoms with Gasteiger partial charge in [0.1, 0.15) is 5.41 Å². The van der Waals surface area contributed by atoms with Gasteiger partial charge in [-0.1, -0.05) is 24.3 Å². The number of aryl methyl sites for hydroxylation is 1. The van der Waals surface area contributed by atoms with Gasteiger partial charge in [-0.05, 0) is 48.6 Å². The minimum Gasteiger partial charge on any atom is -0.480 e. The molecule has 0 radical (unpaired) electrons. The monoisotopic (exact) mass is 282 g/mol. The van der Waals surface area contributed by atoms with Gasteiger partial charge in [0.05, 0.1) is 0 Å². The van der Waals surface area contributed by atoms with E-state index in [1.165, 1.54) is 18.2 Å². The van der Waals surface area contributed by atoms with E-state index < -0.39 is 17.2 Å². The van der Waals surface area contributed by atoms with Gasteiger partial charge in [0.25, 0.3) is 0 Å². The highest BCUT2D eigenvalue weighted by Gasteiger charge is 2.49. The van der Waals surface area contributed by atoms with Crippen molar-refractivity contribution in [1.82, 2.24) is 0 Å². The molecule has 1 aromatic carbocycles. The molecule has 4 heteroatoms. The zero-order valence-electron chi connectivity index (χ0n) is 11.3. The molecule has 0 saturated heterocycles. The third-order valence-electron chi connectivity index (χ3n) is 4.25. The van der Waals surface area contributed by atoms with Gasteiger partial charge >= 0.3 is 5.97 Å². The number of rotatable bonds is 2. The molecule has 0 saturated carbocycles. The summed E-state index contributed by atoms with van der Waals surface area (Å²) in [6, 6.07) is 7.27. The molecule has 0 spiro atoms. The maximum atomic E-state index is 12.2. The highest BCUT2D eigenvalue weighted by molar-refractivity contribution is 6.21. The third kappa shape index (κ3) is 1.95. The van der Waals surface area contributed by atoms with Crippen molar-refractivity contribution in [3.05, 3.63) is 59.2 Å². The Morgan fingerprint density at radius 3 is 2.67 bits per heavy atom. The van der Waals surface area contributed by atoms with E-state index in [0.717, 1.165) is 12.0 Å². The molecule has 0 fully saturated rings. The third-order valence-corrected chi connectivity index (χ3v) is 4.25. The Hall–Kier alpha value is -2.49. The maximum Gasteiger partial charge on any atom is 0.318 e. The topological polar surface area (TPSA) is 71.4 Å². The Morgan fingerprint density at radius 1 is 1.14 bits per heavy atom. The van der Waals surface area contributed by atoms with Gasteiger partial charge in [-0.25, -0.2) is 0 Å². The van der Waals surface area contributed by atoms with E-state index in [0.29, 0.717) is 18.4 Å². The number of carbonyl (C=O) groups excluding carboxylic acids is 2. The van der Waals surface area contributed by atoms with Crippen LogP contribution < -0.4 is 0 Å². The van der Waals surface area contributed by atoms with Crippen LogP contribution in [0.4, 0.5) is 0 Å². The first kappa shape index (κ1) is 13.5. The summed E-state index contributed by atoms with van der Waals surface area (Å²) in [5.74, 6) is -1.81. The summed E-state index contributed by atoms with van der Waals surface area (Å²) >= 11 is 0. The average Bonchev–Trinajstić information content (AvgIpc) is 2.49. The number of fused-ring (bicyclic) bond motifs is 1. The smallest absolute Gasteiger partial charge is 0.318 e. The summed E-state index contributed by atoms with van der Waals surface area (Å²) in [7, 11) is 0. The van der Waals surface area contributed by atoms with Crippen molar-refractivity contribution in [2.75, 3.05) is 0 Å². The van der Waals surface area contributed by atoms with Crippen LogP contribution in [0.1, 0.15) is 24.0 Å². The van der Waals surface area contributed by atoms with E-state index in [2.05, 4.69) is 0 Å². The van der Waals surface area contributed by atoms with Crippen molar-refractivity contribution in [2.24, 2.45) is 0 Å². The highest BCUT2D eigenvalue weighted by Crippen LogP contribution is 2.44. The Morgan fingerprint density at radius 2 is 1.90 bits per heavy atom. The number of ketones is 2. The fourth-order valence-electron chi connectivity index (χ4n) is 3.29. The second-order valence-electron chi connectivity index (χ2n) is 5.38. The number of hydrogen-bond acceptors (Lipinski definition) is 3. The number of carbonyl (C=O) groups is 3. The first-order valence-electron chi connectivity index (χ1n) is 6.86. The Labute approximate surface area is 121 Å². The van der Waals surface area contributed by atoms with Gasteiger partial charge in [-0.15, -0.1) is 0 Å². The normalized spacial score (nSPS) is 24.5. The minimum absolute atomic E-state index is 0.0784. The van der Waals surface area contributed by atoms with Crippen LogP contribution in [0.5, 0.6) is 0 Å². The van der Waals surface area contributed by atoms with Crippen LogP contribution in [-0.4, -0.2) is 22.6 Å². The number of hydrogen-bond donors (Lipinski definition) is 1. The van der Waals surface area contributed by atoms with Crippen LogP contribution in [0, 0.1) is 0 Å². The number of carboxylic acid groups (broad SMARTS) is 1. The fourth-order valence-corrected chi connectivity index (χ4v) is 3.29. The van der Waals surface area contributed by atoms with Crippen LogP contribution in [0.25, 0.3) is 0 Å². The van der Waals surface area contributed by atoms with Gasteiger partial charge in [0, 0.05) is 5.57 Å². The van der Waals surface area contributed by atoms with Crippen molar-refractivity contribution in [2.45, 2.75) is 24.7 Å². The summed E-state index contributed by atoms with van der Waals surface area (Å²) < 4.78 is 0. The molecule has 0 aliphatic heterocycles. The van der Waals surface area contributed by atoms with E-state index >= 15 is 0 Å². The largest absolute Gasteiger partial charge is 0.480 e. The van der Waals surface area contributed by atoms with Crippen molar-refractivity contribution in [3.8, 4) is 0 Å². The SMILES string of the molecule is O=C1C=CC(=O)C([C@]2(C(=O)O)CCCc3ccccc32)=C1. The zero-order chi connectivity index (χ0) is 15.0. The summed E-state index contributed by atoms with van der Waals surface area (Å²) in [5.41, 5.74) is 0.231. The van der Waals surface area contributed by atoms with Crippen molar-refractivity contribution in [3.63, 3.8) is 0 Å². The predicted octanol–water partition coefficient (Wildman–Crippen LogP) is 1.98. The molecule has 106 valence electrons. The standard InChI is InChI=1S/C17H14O4/c18-12-7-8-15(19)14(10-12)17(16(20)21)9-3-5-11-4-1-2-6-13(11)17/h1-2,4,6-8,10H,3,5,9H2,(H,20,21)/t17-/m0/s1. The first-order chi connectivity index (χ1) is 10.1. The molecular formula is C17H14O4. The lowest BCUT2D eigenvalue weighted by molar-refractivity contribution is -0.143. The predicted molar refractivity (Wildman–Crippen MR) is 75.9 cm³/mol. The molecule has 1 atom stereocenters. The van der Waals surface area contributed by atoms with Crippen molar-refractivity contribution < 1.29 is 19.5 Å². The molecule has 21 heavy (non-hydrogen) atoms. The van der Waals surface area contributed by atoms with Crippen molar-refractivity contribution >= 4 is 17.5 Å². The second kappa shape index (κ2) is 4.81. The molecule has 1 N–H and O–H groups in total. The molecule has 2 aliphatic carbocycles. The fraction of sp³-hybridized carbons (Fsp3) is 0.235.